The van der Waals surface area contributed by atoms with Gasteiger partial charge < -0.3 is 20.1 Å². The molecule has 122 valence electrons. The van der Waals surface area contributed by atoms with E-state index in [0.29, 0.717) is 23.7 Å². The first-order chi connectivity index (χ1) is 11.1. The fraction of sp³-hybridized carbons (Fsp3) is 0.278. The van der Waals surface area contributed by atoms with Gasteiger partial charge in [-0.2, -0.15) is 0 Å². The first kappa shape index (κ1) is 16.8. The van der Waals surface area contributed by atoms with Crippen LogP contribution in [0.2, 0.25) is 0 Å². The minimum absolute atomic E-state index is 0.0903. The summed E-state index contributed by atoms with van der Waals surface area (Å²) in [5, 5.41) is 0. The van der Waals surface area contributed by atoms with Crippen molar-refractivity contribution in [3.8, 4) is 11.5 Å². The first-order valence-corrected chi connectivity index (χ1v) is 7.37. The third kappa shape index (κ3) is 3.81. The Morgan fingerprint density at radius 1 is 1.09 bits per heavy atom. The van der Waals surface area contributed by atoms with Crippen molar-refractivity contribution in [2.24, 2.45) is 5.73 Å². The number of hydrogen-bond acceptors (Lipinski definition) is 4. The van der Waals surface area contributed by atoms with Gasteiger partial charge in [0.1, 0.15) is 17.2 Å². The van der Waals surface area contributed by atoms with Crippen molar-refractivity contribution in [1.29, 1.82) is 0 Å². The number of carbonyl (C=O) groups is 1. The molecule has 0 aliphatic carbocycles. The molecular weight excluding hydrogens is 292 g/mol. The van der Waals surface area contributed by atoms with Gasteiger partial charge in [0.15, 0.2) is 0 Å². The van der Waals surface area contributed by atoms with E-state index in [-0.39, 0.29) is 12.5 Å². The van der Waals surface area contributed by atoms with Crippen LogP contribution in [0.3, 0.4) is 0 Å². The lowest BCUT2D eigenvalue weighted by molar-refractivity contribution is -0.117. The van der Waals surface area contributed by atoms with Gasteiger partial charge in [0.2, 0.25) is 5.91 Å². The smallest absolute Gasteiger partial charge is 0.241 e. The minimum atomic E-state index is -0.200. The molecule has 2 rings (SSSR count). The van der Waals surface area contributed by atoms with Crippen molar-refractivity contribution in [3.05, 3.63) is 53.6 Å². The summed E-state index contributed by atoms with van der Waals surface area (Å²) in [4.78, 5) is 14.0. The molecule has 0 spiro atoms. The third-order valence-corrected chi connectivity index (χ3v) is 3.55. The van der Waals surface area contributed by atoms with Crippen molar-refractivity contribution in [2.75, 3.05) is 25.7 Å². The number of methoxy groups -OCH3 is 2. The topological polar surface area (TPSA) is 64.8 Å². The number of nitrogens with two attached hydrogens (primary N) is 1. The summed E-state index contributed by atoms with van der Waals surface area (Å²) in [7, 11) is 3.15. The number of anilines is 1. The second kappa shape index (κ2) is 7.65. The van der Waals surface area contributed by atoms with Crippen LogP contribution in [0, 0.1) is 6.92 Å². The zero-order chi connectivity index (χ0) is 16.8. The molecule has 1 amide bonds. The van der Waals surface area contributed by atoms with Crippen LogP contribution in [0.25, 0.3) is 0 Å². The third-order valence-electron chi connectivity index (χ3n) is 3.55. The van der Waals surface area contributed by atoms with Crippen molar-refractivity contribution < 1.29 is 14.3 Å². The standard InChI is InChI=1S/C18H22N2O3/c1-13-9-15(22-2)18(16(10-13)23-3)20(17(21)11-19)12-14-7-5-4-6-8-14/h4-10H,11-12,19H2,1-3H3. The summed E-state index contributed by atoms with van der Waals surface area (Å²) < 4.78 is 10.9. The van der Waals surface area contributed by atoms with Gasteiger partial charge in [-0.25, -0.2) is 0 Å². The molecule has 2 aromatic rings. The van der Waals surface area contributed by atoms with E-state index in [0.717, 1.165) is 11.1 Å². The van der Waals surface area contributed by atoms with Gasteiger partial charge in [0, 0.05) is 0 Å². The van der Waals surface area contributed by atoms with E-state index in [1.54, 1.807) is 19.1 Å². The SMILES string of the molecule is COc1cc(C)cc(OC)c1N(Cc1ccccc1)C(=O)CN. The summed E-state index contributed by atoms with van der Waals surface area (Å²) in [6, 6.07) is 13.5. The van der Waals surface area contributed by atoms with E-state index in [1.165, 1.54) is 0 Å². The fourth-order valence-electron chi connectivity index (χ4n) is 2.46. The molecule has 0 bridgehead atoms. The molecule has 0 unspecified atom stereocenters. The average Bonchev–Trinajstić information content (AvgIpc) is 2.59. The number of ether oxygens (including phenoxy) is 2. The molecule has 23 heavy (non-hydrogen) atoms. The Labute approximate surface area is 136 Å². The van der Waals surface area contributed by atoms with Crippen LogP contribution in [0.4, 0.5) is 5.69 Å². The zero-order valence-corrected chi connectivity index (χ0v) is 13.7. The maximum absolute atomic E-state index is 12.4. The molecule has 0 fully saturated rings. The highest BCUT2D eigenvalue weighted by atomic mass is 16.5. The van der Waals surface area contributed by atoms with E-state index in [4.69, 9.17) is 15.2 Å². The van der Waals surface area contributed by atoms with E-state index >= 15 is 0 Å². The van der Waals surface area contributed by atoms with Crippen molar-refractivity contribution in [2.45, 2.75) is 13.5 Å². The highest BCUT2D eigenvalue weighted by Crippen LogP contribution is 2.39. The Bertz CT molecular complexity index is 646. The van der Waals surface area contributed by atoms with Gasteiger partial charge >= 0.3 is 0 Å². The van der Waals surface area contributed by atoms with Crippen LogP contribution < -0.4 is 20.1 Å². The summed E-state index contributed by atoms with van der Waals surface area (Å²) in [5.74, 6) is 0.966. The number of benzene rings is 2. The quantitative estimate of drug-likeness (QED) is 0.890. The van der Waals surface area contributed by atoms with Gasteiger partial charge in [-0.15, -0.1) is 0 Å². The largest absolute Gasteiger partial charge is 0.494 e. The molecule has 0 radical (unpaired) electrons. The lowest BCUT2D eigenvalue weighted by atomic mass is 10.1. The van der Waals surface area contributed by atoms with Crippen LogP contribution in [0.1, 0.15) is 11.1 Å². The highest BCUT2D eigenvalue weighted by Gasteiger charge is 2.23. The lowest BCUT2D eigenvalue weighted by Crippen LogP contribution is -2.36. The van der Waals surface area contributed by atoms with Gasteiger partial charge in [-0.05, 0) is 30.2 Å². The molecule has 5 nitrogen and oxygen atoms in total. The maximum Gasteiger partial charge on any atom is 0.241 e. The molecule has 2 N–H and O–H groups in total. The first-order valence-electron chi connectivity index (χ1n) is 7.37. The minimum Gasteiger partial charge on any atom is -0.494 e. The number of rotatable bonds is 6. The van der Waals surface area contributed by atoms with Gasteiger partial charge in [-0.1, -0.05) is 30.3 Å². The molecule has 0 saturated carbocycles. The van der Waals surface area contributed by atoms with Crippen LogP contribution in [-0.4, -0.2) is 26.7 Å². The molecule has 0 atom stereocenters. The van der Waals surface area contributed by atoms with E-state index in [2.05, 4.69) is 0 Å². The molecule has 2 aromatic carbocycles. The van der Waals surface area contributed by atoms with Crippen LogP contribution in [0.5, 0.6) is 11.5 Å². The summed E-state index contributed by atoms with van der Waals surface area (Å²) in [6.45, 7) is 2.25. The summed E-state index contributed by atoms with van der Waals surface area (Å²) >= 11 is 0. The second-order valence-corrected chi connectivity index (χ2v) is 5.19. The second-order valence-electron chi connectivity index (χ2n) is 5.19. The number of nitrogens with zero attached hydrogens (tertiary/aromatic N) is 1. The summed E-state index contributed by atoms with van der Waals surface area (Å²) in [5.41, 5.74) is 8.19. The lowest BCUT2D eigenvalue weighted by Gasteiger charge is -2.26. The van der Waals surface area contributed by atoms with Crippen LogP contribution >= 0.6 is 0 Å². The van der Waals surface area contributed by atoms with Gasteiger partial charge in [-0.3, -0.25) is 4.79 Å². The Kier molecular flexibility index (Phi) is 5.60. The van der Waals surface area contributed by atoms with Crippen LogP contribution in [-0.2, 0) is 11.3 Å². The highest BCUT2D eigenvalue weighted by molar-refractivity contribution is 5.97. The number of hydrogen-bond donors (Lipinski definition) is 1. The Morgan fingerprint density at radius 2 is 1.65 bits per heavy atom. The van der Waals surface area contributed by atoms with Gasteiger partial charge in [0.05, 0.1) is 27.3 Å². The maximum atomic E-state index is 12.4. The monoisotopic (exact) mass is 314 g/mol. The number of aryl methyl sites for hydroxylation is 1. The fourth-order valence-corrected chi connectivity index (χ4v) is 2.46. The molecular formula is C18H22N2O3. The predicted octanol–water partition coefficient (Wildman–Crippen LogP) is 2.50. The van der Waals surface area contributed by atoms with E-state index < -0.39 is 0 Å². The van der Waals surface area contributed by atoms with E-state index in [9.17, 15) is 4.79 Å². The average molecular weight is 314 g/mol. The molecule has 0 heterocycles. The molecule has 0 aliphatic rings. The molecule has 0 aromatic heterocycles. The van der Waals surface area contributed by atoms with Crippen molar-refractivity contribution >= 4 is 11.6 Å². The number of carbonyl (C=O) groups excluding carboxylic acids is 1. The van der Waals surface area contributed by atoms with Crippen molar-refractivity contribution in [1.82, 2.24) is 0 Å². The normalized spacial score (nSPS) is 10.3. The van der Waals surface area contributed by atoms with Gasteiger partial charge in [0.25, 0.3) is 0 Å². The zero-order valence-electron chi connectivity index (χ0n) is 13.7. The van der Waals surface area contributed by atoms with Crippen molar-refractivity contribution in [3.63, 3.8) is 0 Å². The predicted molar refractivity (Wildman–Crippen MR) is 91.0 cm³/mol. The Balaban J connectivity index is 2.53. The van der Waals surface area contributed by atoms with E-state index in [1.807, 2.05) is 49.4 Å². The summed E-state index contributed by atoms with van der Waals surface area (Å²) in [6.07, 6.45) is 0. The Hall–Kier alpha value is -2.53. The number of amides is 1. The molecule has 5 heteroatoms. The molecule has 0 aliphatic heterocycles. The molecule has 0 saturated heterocycles. The van der Waals surface area contributed by atoms with Crippen LogP contribution in [0.15, 0.2) is 42.5 Å². The Morgan fingerprint density at radius 3 is 2.13 bits per heavy atom.